The smallest absolute Gasteiger partial charge is 0.170 e. The van der Waals surface area contributed by atoms with E-state index in [2.05, 4.69) is 10.2 Å². The summed E-state index contributed by atoms with van der Waals surface area (Å²) in [7, 11) is 0. The lowest BCUT2D eigenvalue weighted by Crippen LogP contribution is -1.90. The molecule has 0 radical (unpaired) electrons. The SMILES string of the molecule is O=Cc1n[nH]c2c1CCCCC2. The number of H-pyrrole nitrogens is 1. The molecule has 1 aromatic heterocycles. The second-order valence-corrected chi connectivity index (χ2v) is 3.24. The van der Waals surface area contributed by atoms with Crippen LogP contribution in [0.2, 0.25) is 0 Å². The number of nitrogens with zero attached hydrogens (tertiary/aromatic N) is 1. The summed E-state index contributed by atoms with van der Waals surface area (Å²) < 4.78 is 0. The van der Waals surface area contributed by atoms with Crippen LogP contribution in [0.3, 0.4) is 0 Å². The fraction of sp³-hybridized carbons (Fsp3) is 0.556. The highest BCUT2D eigenvalue weighted by atomic mass is 16.1. The third-order valence-electron chi connectivity index (χ3n) is 2.45. The van der Waals surface area contributed by atoms with Crippen molar-refractivity contribution in [3.8, 4) is 0 Å². The van der Waals surface area contributed by atoms with Crippen molar-refractivity contribution in [1.82, 2.24) is 10.2 Å². The molecule has 0 spiro atoms. The topological polar surface area (TPSA) is 45.8 Å². The number of hydrogen-bond donors (Lipinski definition) is 1. The molecule has 3 heteroatoms. The van der Waals surface area contributed by atoms with Crippen LogP contribution in [0.15, 0.2) is 0 Å². The number of nitrogens with one attached hydrogen (secondary N) is 1. The van der Waals surface area contributed by atoms with Crippen molar-refractivity contribution in [1.29, 1.82) is 0 Å². The van der Waals surface area contributed by atoms with E-state index in [1.165, 1.54) is 25.0 Å². The Balaban J connectivity index is 2.38. The van der Waals surface area contributed by atoms with Crippen molar-refractivity contribution < 1.29 is 4.79 Å². The van der Waals surface area contributed by atoms with Crippen molar-refractivity contribution in [2.45, 2.75) is 32.1 Å². The summed E-state index contributed by atoms with van der Waals surface area (Å²) in [6.07, 6.45) is 6.58. The van der Waals surface area contributed by atoms with Crippen LogP contribution in [-0.4, -0.2) is 16.5 Å². The maximum Gasteiger partial charge on any atom is 0.170 e. The molecule has 0 atom stereocenters. The van der Waals surface area contributed by atoms with Crippen molar-refractivity contribution in [3.63, 3.8) is 0 Å². The molecule has 0 saturated heterocycles. The molecule has 1 aliphatic carbocycles. The lowest BCUT2D eigenvalue weighted by Gasteiger charge is -1.94. The molecule has 0 bridgehead atoms. The third kappa shape index (κ3) is 1.15. The van der Waals surface area contributed by atoms with Gasteiger partial charge >= 0.3 is 0 Å². The molecule has 1 aromatic rings. The van der Waals surface area contributed by atoms with Gasteiger partial charge in [0.2, 0.25) is 0 Å². The zero-order valence-electron chi connectivity index (χ0n) is 6.97. The van der Waals surface area contributed by atoms with Gasteiger partial charge in [0.05, 0.1) is 0 Å². The molecule has 0 saturated carbocycles. The van der Waals surface area contributed by atoms with E-state index in [4.69, 9.17) is 0 Å². The van der Waals surface area contributed by atoms with Gasteiger partial charge in [-0.2, -0.15) is 5.10 Å². The van der Waals surface area contributed by atoms with Crippen LogP contribution in [0.25, 0.3) is 0 Å². The van der Waals surface area contributed by atoms with Crippen molar-refractivity contribution in [2.24, 2.45) is 0 Å². The first-order valence-corrected chi connectivity index (χ1v) is 4.43. The predicted molar refractivity (Wildman–Crippen MR) is 45.2 cm³/mol. The first-order chi connectivity index (χ1) is 5.92. The van der Waals surface area contributed by atoms with Crippen molar-refractivity contribution in [3.05, 3.63) is 17.0 Å². The fourth-order valence-corrected chi connectivity index (χ4v) is 1.78. The highest BCUT2D eigenvalue weighted by Gasteiger charge is 2.14. The van der Waals surface area contributed by atoms with E-state index in [0.29, 0.717) is 5.69 Å². The number of carbonyl (C=O) groups is 1. The molecule has 12 heavy (non-hydrogen) atoms. The predicted octanol–water partition coefficient (Wildman–Crippen LogP) is 1.49. The Morgan fingerprint density at radius 1 is 1.25 bits per heavy atom. The van der Waals surface area contributed by atoms with Gasteiger partial charge in [0.1, 0.15) is 5.69 Å². The summed E-state index contributed by atoms with van der Waals surface area (Å²) in [5.41, 5.74) is 2.95. The van der Waals surface area contributed by atoms with Gasteiger partial charge in [-0.15, -0.1) is 0 Å². The molecule has 0 amide bonds. The van der Waals surface area contributed by atoms with E-state index >= 15 is 0 Å². The van der Waals surface area contributed by atoms with E-state index < -0.39 is 0 Å². The Morgan fingerprint density at radius 3 is 2.92 bits per heavy atom. The van der Waals surface area contributed by atoms with Gasteiger partial charge in [0.25, 0.3) is 0 Å². The van der Waals surface area contributed by atoms with Gasteiger partial charge in [0, 0.05) is 11.3 Å². The lowest BCUT2D eigenvalue weighted by atomic mass is 10.1. The molecule has 0 fully saturated rings. The maximum absolute atomic E-state index is 10.6. The number of hydrogen-bond acceptors (Lipinski definition) is 2. The summed E-state index contributed by atoms with van der Waals surface area (Å²) in [5.74, 6) is 0. The van der Waals surface area contributed by atoms with E-state index in [0.717, 1.165) is 24.7 Å². The Labute approximate surface area is 71.2 Å². The zero-order valence-corrected chi connectivity index (χ0v) is 6.97. The van der Waals surface area contributed by atoms with Crippen LogP contribution < -0.4 is 0 Å². The molecule has 64 valence electrons. The van der Waals surface area contributed by atoms with Crippen LogP contribution in [-0.2, 0) is 12.8 Å². The van der Waals surface area contributed by atoms with Gasteiger partial charge in [-0.1, -0.05) is 6.42 Å². The van der Waals surface area contributed by atoms with Crippen LogP contribution >= 0.6 is 0 Å². The van der Waals surface area contributed by atoms with Gasteiger partial charge in [0.15, 0.2) is 6.29 Å². The number of aromatic nitrogens is 2. The average Bonchev–Trinajstić information content (AvgIpc) is 2.33. The van der Waals surface area contributed by atoms with Gasteiger partial charge in [-0.3, -0.25) is 9.89 Å². The van der Waals surface area contributed by atoms with Gasteiger partial charge in [-0.25, -0.2) is 0 Å². The number of aryl methyl sites for hydroxylation is 1. The average molecular weight is 164 g/mol. The molecule has 1 heterocycles. The Hall–Kier alpha value is -1.12. The highest BCUT2D eigenvalue weighted by Crippen LogP contribution is 2.20. The molecule has 0 aromatic carbocycles. The first kappa shape index (κ1) is 7.53. The second-order valence-electron chi connectivity index (χ2n) is 3.24. The largest absolute Gasteiger partial charge is 0.296 e. The minimum absolute atomic E-state index is 0.618. The molecule has 0 aliphatic heterocycles. The normalized spacial score (nSPS) is 16.7. The molecular weight excluding hydrogens is 152 g/mol. The molecule has 1 N–H and O–H groups in total. The quantitative estimate of drug-likeness (QED) is 0.505. The summed E-state index contributed by atoms with van der Waals surface area (Å²) >= 11 is 0. The van der Waals surface area contributed by atoms with Gasteiger partial charge in [-0.05, 0) is 25.7 Å². The third-order valence-corrected chi connectivity index (χ3v) is 2.45. The number of carbonyl (C=O) groups excluding carboxylic acids is 1. The van der Waals surface area contributed by atoms with E-state index in [-0.39, 0.29) is 0 Å². The van der Waals surface area contributed by atoms with Crippen LogP contribution in [0.4, 0.5) is 0 Å². The number of aldehydes is 1. The number of fused-ring (bicyclic) bond motifs is 1. The Bertz CT molecular complexity index is 291. The molecule has 3 nitrogen and oxygen atoms in total. The summed E-state index contributed by atoms with van der Waals surface area (Å²) in [6, 6.07) is 0. The lowest BCUT2D eigenvalue weighted by molar-refractivity contribution is 0.111. The zero-order chi connectivity index (χ0) is 8.39. The summed E-state index contributed by atoms with van der Waals surface area (Å²) in [5, 5.41) is 6.90. The monoisotopic (exact) mass is 164 g/mol. The van der Waals surface area contributed by atoms with Crippen molar-refractivity contribution >= 4 is 6.29 Å². The number of rotatable bonds is 1. The first-order valence-electron chi connectivity index (χ1n) is 4.43. The molecule has 2 rings (SSSR count). The van der Waals surface area contributed by atoms with Crippen LogP contribution in [0.5, 0.6) is 0 Å². The Morgan fingerprint density at radius 2 is 2.08 bits per heavy atom. The minimum Gasteiger partial charge on any atom is -0.296 e. The molecule has 0 unspecified atom stereocenters. The summed E-state index contributed by atoms with van der Waals surface area (Å²) in [4.78, 5) is 10.6. The van der Waals surface area contributed by atoms with E-state index in [1.807, 2.05) is 0 Å². The van der Waals surface area contributed by atoms with E-state index in [1.54, 1.807) is 0 Å². The number of aromatic amines is 1. The van der Waals surface area contributed by atoms with Crippen molar-refractivity contribution in [2.75, 3.05) is 0 Å². The second kappa shape index (κ2) is 3.09. The van der Waals surface area contributed by atoms with Gasteiger partial charge < -0.3 is 0 Å². The highest BCUT2D eigenvalue weighted by molar-refractivity contribution is 5.74. The fourth-order valence-electron chi connectivity index (χ4n) is 1.78. The van der Waals surface area contributed by atoms with Crippen LogP contribution in [0.1, 0.15) is 41.0 Å². The Kier molecular flexibility index (Phi) is 1.94. The maximum atomic E-state index is 10.6. The minimum atomic E-state index is 0.618. The molecule has 1 aliphatic rings. The van der Waals surface area contributed by atoms with E-state index in [9.17, 15) is 4.79 Å². The molecular formula is C9H12N2O. The van der Waals surface area contributed by atoms with Crippen LogP contribution in [0, 0.1) is 0 Å². The standard InChI is InChI=1S/C9H12N2O/c12-6-9-7-4-2-1-3-5-8(7)10-11-9/h6H,1-5H2,(H,10,11). The summed E-state index contributed by atoms with van der Waals surface area (Å²) in [6.45, 7) is 0.